The Labute approximate surface area is 132 Å². The van der Waals surface area contributed by atoms with Crippen LogP contribution in [0.3, 0.4) is 0 Å². The van der Waals surface area contributed by atoms with Gasteiger partial charge in [-0.1, -0.05) is 6.07 Å². The fraction of sp³-hybridized carbons (Fsp3) is 0.0667. The third-order valence-corrected chi connectivity index (χ3v) is 4.52. The normalized spacial score (nSPS) is 13.3. The van der Waals surface area contributed by atoms with Crippen molar-refractivity contribution in [3.63, 3.8) is 0 Å². The molecule has 116 valence electrons. The third-order valence-electron chi connectivity index (χ3n) is 3.14. The maximum atomic E-state index is 12.4. The number of nitrogens with zero attached hydrogens (tertiary/aromatic N) is 1. The topological polar surface area (TPSA) is 108 Å². The number of fused-ring (bicyclic) bond motifs is 1. The van der Waals surface area contributed by atoms with Crippen molar-refractivity contribution in [2.75, 3.05) is 16.6 Å². The van der Waals surface area contributed by atoms with Crippen molar-refractivity contribution in [3.05, 3.63) is 48.0 Å². The maximum absolute atomic E-state index is 12.4. The predicted octanol–water partition coefficient (Wildman–Crippen LogP) is 1.69. The van der Waals surface area contributed by atoms with Crippen molar-refractivity contribution in [3.8, 4) is 11.8 Å². The van der Waals surface area contributed by atoms with Crippen molar-refractivity contribution < 1.29 is 17.9 Å². The molecule has 1 aliphatic heterocycles. The van der Waals surface area contributed by atoms with Crippen LogP contribution in [0.15, 0.2) is 47.4 Å². The van der Waals surface area contributed by atoms with Crippen LogP contribution in [0.5, 0.6) is 5.75 Å². The number of anilines is 2. The Bertz CT molecular complexity index is 932. The largest absolute Gasteiger partial charge is 0.482 e. The molecule has 0 aliphatic carbocycles. The van der Waals surface area contributed by atoms with Gasteiger partial charge in [0.1, 0.15) is 5.75 Å². The minimum absolute atomic E-state index is 0.0237. The number of sulfonamides is 1. The highest BCUT2D eigenvalue weighted by Gasteiger charge is 2.21. The summed E-state index contributed by atoms with van der Waals surface area (Å²) in [6, 6.07) is 12.3. The zero-order valence-electron chi connectivity index (χ0n) is 11.7. The number of benzene rings is 2. The van der Waals surface area contributed by atoms with Crippen LogP contribution in [-0.4, -0.2) is 20.9 Å². The highest BCUT2D eigenvalue weighted by atomic mass is 32.2. The zero-order valence-corrected chi connectivity index (χ0v) is 12.6. The number of nitrogens with one attached hydrogen (secondary N) is 2. The molecule has 0 unspecified atom stereocenters. The maximum Gasteiger partial charge on any atom is 0.262 e. The van der Waals surface area contributed by atoms with E-state index in [1.807, 2.05) is 6.07 Å². The molecule has 0 saturated carbocycles. The summed E-state index contributed by atoms with van der Waals surface area (Å²) in [5.74, 6) is 0.0664. The fourth-order valence-electron chi connectivity index (χ4n) is 2.10. The number of carbonyl (C=O) groups is 1. The van der Waals surface area contributed by atoms with Gasteiger partial charge in [0.25, 0.3) is 15.9 Å². The summed E-state index contributed by atoms with van der Waals surface area (Å²) in [7, 11) is -3.86. The van der Waals surface area contributed by atoms with Crippen LogP contribution in [0, 0.1) is 11.3 Å². The molecular weight excluding hydrogens is 318 g/mol. The number of carbonyl (C=O) groups excluding carboxylic acids is 1. The van der Waals surface area contributed by atoms with Crippen LogP contribution < -0.4 is 14.8 Å². The fourth-order valence-corrected chi connectivity index (χ4v) is 3.17. The van der Waals surface area contributed by atoms with Gasteiger partial charge in [-0.25, -0.2) is 8.42 Å². The zero-order chi connectivity index (χ0) is 16.4. The molecule has 0 fully saturated rings. The quantitative estimate of drug-likeness (QED) is 0.891. The summed E-state index contributed by atoms with van der Waals surface area (Å²) < 4.78 is 32.4. The third kappa shape index (κ3) is 3.09. The second-order valence-electron chi connectivity index (χ2n) is 4.79. The Hall–Kier alpha value is -3.05. The van der Waals surface area contributed by atoms with Gasteiger partial charge in [-0.3, -0.25) is 9.52 Å². The van der Waals surface area contributed by atoms with E-state index in [1.165, 1.54) is 24.3 Å². The van der Waals surface area contributed by atoms with E-state index in [0.717, 1.165) is 0 Å². The van der Waals surface area contributed by atoms with Gasteiger partial charge in [-0.15, -0.1) is 0 Å². The first-order valence-corrected chi connectivity index (χ1v) is 8.06. The molecule has 0 saturated heterocycles. The molecule has 3 rings (SSSR count). The molecule has 23 heavy (non-hydrogen) atoms. The second-order valence-corrected chi connectivity index (χ2v) is 6.48. The van der Waals surface area contributed by atoms with E-state index in [4.69, 9.17) is 10.00 Å². The monoisotopic (exact) mass is 329 g/mol. The van der Waals surface area contributed by atoms with Gasteiger partial charge in [0.15, 0.2) is 6.61 Å². The van der Waals surface area contributed by atoms with E-state index < -0.39 is 10.0 Å². The summed E-state index contributed by atoms with van der Waals surface area (Å²) in [4.78, 5) is 11.3. The summed E-state index contributed by atoms with van der Waals surface area (Å²) in [5, 5.41) is 11.4. The van der Waals surface area contributed by atoms with E-state index >= 15 is 0 Å². The van der Waals surface area contributed by atoms with Gasteiger partial charge in [-0.05, 0) is 36.4 Å². The molecule has 0 radical (unpaired) electrons. The summed E-state index contributed by atoms with van der Waals surface area (Å²) in [5.41, 5.74) is 0.924. The second kappa shape index (κ2) is 5.62. The van der Waals surface area contributed by atoms with Crippen LogP contribution in [0.4, 0.5) is 11.4 Å². The van der Waals surface area contributed by atoms with Crippen LogP contribution in [0.25, 0.3) is 0 Å². The van der Waals surface area contributed by atoms with Crippen LogP contribution in [0.2, 0.25) is 0 Å². The van der Waals surface area contributed by atoms with Crippen LogP contribution in [0.1, 0.15) is 5.56 Å². The minimum Gasteiger partial charge on any atom is -0.482 e. The molecule has 7 nitrogen and oxygen atoms in total. The molecule has 1 amide bonds. The van der Waals surface area contributed by atoms with Gasteiger partial charge in [0, 0.05) is 0 Å². The number of hydrogen-bond donors (Lipinski definition) is 2. The molecule has 1 aliphatic rings. The van der Waals surface area contributed by atoms with E-state index in [1.54, 1.807) is 18.2 Å². The molecule has 0 aromatic heterocycles. The van der Waals surface area contributed by atoms with Gasteiger partial charge >= 0.3 is 0 Å². The van der Waals surface area contributed by atoms with Crippen molar-refractivity contribution in [2.24, 2.45) is 0 Å². The molecule has 0 atom stereocenters. The first-order chi connectivity index (χ1) is 11.0. The van der Waals surface area contributed by atoms with Crippen molar-refractivity contribution >= 4 is 27.3 Å². The van der Waals surface area contributed by atoms with E-state index in [2.05, 4.69) is 10.0 Å². The van der Waals surface area contributed by atoms with Gasteiger partial charge in [0.05, 0.1) is 27.9 Å². The summed E-state index contributed by atoms with van der Waals surface area (Å²) in [6.07, 6.45) is 0. The Morgan fingerprint density at radius 2 is 2.04 bits per heavy atom. The highest BCUT2D eigenvalue weighted by molar-refractivity contribution is 7.92. The summed E-state index contributed by atoms with van der Waals surface area (Å²) in [6.45, 7) is -0.0989. The average Bonchev–Trinajstić information content (AvgIpc) is 2.54. The lowest BCUT2D eigenvalue weighted by Crippen LogP contribution is -2.25. The average molecular weight is 329 g/mol. The number of ether oxygens (including phenoxy) is 1. The molecule has 1 heterocycles. The lowest BCUT2D eigenvalue weighted by Gasteiger charge is -2.18. The van der Waals surface area contributed by atoms with Gasteiger partial charge in [0.2, 0.25) is 0 Å². The Balaban J connectivity index is 1.92. The van der Waals surface area contributed by atoms with Gasteiger partial charge < -0.3 is 10.1 Å². The SMILES string of the molecule is N#Cc1cccc(NS(=O)(=O)c2ccc3c(c2)NC(=O)CO3)c1. The van der Waals surface area contributed by atoms with E-state index in [-0.39, 0.29) is 23.1 Å². The van der Waals surface area contributed by atoms with E-state index in [0.29, 0.717) is 17.0 Å². The molecule has 2 aromatic carbocycles. The molecular formula is C15H11N3O4S. The first kappa shape index (κ1) is 14.9. The van der Waals surface area contributed by atoms with Crippen molar-refractivity contribution in [1.82, 2.24) is 0 Å². The Kier molecular flexibility index (Phi) is 3.64. The first-order valence-electron chi connectivity index (χ1n) is 6.58. The van der Waals surface area contributed by atoms with E-state index in [9.17, 15) is 13.2 Å². The summed E-state index contributed by atoms with van der Waals surface area (Å²) >= 11 is 0. The number of nitriles is 1. The Morgan fingerprint density at radius 1 is 1.22 bits per heavy atom. The van der Waals surface area contributed by atoms with Crippen molar-refractivity contribution in [2.45, 2.75) is 4.90 Å². The number of amides is 1. The van der Waals surface area contributed by atoms with Gasteiger partial charge in [-0.2, -0.15) is 5.26 Å². The standard InChI is InChI=1S/C15H11N3O4S/c16-8-10-2-1-3-11(6-10)18-23(20,21)12-4-5-14-13(7-12)17-15(19)9-22-14/h1-7,18H,9H2,(H,17,19). The smallest absolute Gasteiger partial charge is 0.262 e. The van der Waals surface area contributed by atoms with Crippen LogP contribution >= 0.6 is 0 Å². The molecule has 2 aromatic rings. The molecule has 2 N–H and O–H groups in total. The molecule has 8 heteroatoms. The van der Waals surface area contributed by atoms with Crippen LogP contribution in [-0.2, 0) is 14.8 Å². The van der Waals surface area contributed by atoms with Crippen molar-refractivity contribution in [1.29, 1.82) is 5.26 Å². The molecule has 0 bridgehead atoms. The predicted molar refractivity (Wildman–Crippen MR) is 82.5 cm³/mol. The lowest BCUT2D eigenvalue weighted by molar-refractivity contribution is -0.118. The highest BCUT2D eigenvalue weighted by Crippen LogP contribution is 2.30. The lowest BCUT2D eigenvalue weighted by atomic mass is 10.2. The Morgan fingerprint density at radius 3 is 2.83 bits per heavy atom. The number of hydrogen-bond acceptors (Lipinski definition) is 5. The number of rotatable bonds is 3. The minimum atomic E-state index is -3.86. The molecule has 0 spiro atoms.